The Morgan fingerprint density at radius 1 is 0.971 bits per heavy atom. The lowest BCUT2D eigenvalue weighted by molar-refractivity contribution is 0.0950. The quantitative estimate of drug-likeness (QED) is 0.354. The lowest BCUT2D eigenvalue weighted by Gasteiger charge is -2.07. The molecule has 0 fully saturated rings. The highest BCUT2D eigenvalue weighted by Gasteiger charge is 2.14. The first-order chi connectivity index (χ1) is 16.5. The van der Waals surface area contributed by atoms with Crippen LogP contribution >= 0.6 is 22.9 Å². The molecular formula is C24H18ClFN4O3S. The number of rotatable bonds is 8. The van der Waals surface area contributed by atoms with Crippen molar-refractivity contribution in [3.63, 3.8) is 0 Å². The summed E-state index contributed by atoms with van der Waals surface area (Å²) < 4.78 is 18.9. The third kappa shape index (κ3) is 6.37. The summed E-state index contributed by atoms with van der Waals surface area (Å²) in [7, 11) is 0. The van der Waals surface area contributed by atoms with E-state index >= 15 is 0 Å². The van der Waals surface area contributed by atoms with Crippen LogP contribution in [-0.2, 0) is 13.2 Å². The highest BCUT2D eigenvalue weighted by molar-refractivity contribution is 7.13. The lowest BCUT2D eigenvalue weighted by atomic mass is 10.1. The monoisotopic (exact) mass is 496 g/mol. The number of aromatic nitrogens is 2. The molecule has 7 nitrogen and oxygen atoms in total. The van der Waals surface area contributed by atoms with E-state index in [4.69, 9.17) is 16.3 Å². The van der Waals surface area contributed by atoms with Gasteiger partial charge in [0.25, 0.3) is 11.8 Å². The van der Waals surface area contributed by atoms with E-state index in [1.165, 1.54) is 12.1 Å². The highest BCUT2D eigenvalue weighted by atomic mass is 35.5. The Labute approximate surface area is 203 Å². The van der Waals surface area contributed by atoms with Crippen LogP contribution in [0.2, 0.25) is 5.02 Å². The molecule has 1 heterocycles. The fourth-order valence-corrected chi connectivity index (χ4v) is 3.67. The van der Waals surface area contributed by atoms with Gasteiger partial charge in [0.05, 0.1) is 0 Å². The van der Waals surface area contributed by atoms with Crippen LogP contribution in [0.3, 0.4) is 0 Å². The molecule has 0 saturated heterocycles. The standard InChI is InChI=1S/C24H18ClFN4O3S/c25-17-6-10-20(11-7-17)33-14-21-29-30-24(34-21)23(32)28-19-8-4-16(5-9-19)22(31)27-13-15-2-1-3-18(26)12-15/h1-12H,13-14H2,(H,27,31)(H,28,32). The molecule has 3 aromatic carbocycles. The third-order valence-corrected chi connectivity index (χ3v) is 5.73. The van der Waals surface area contributed by atoms with Gasteiger partial charge in [-0.05, 0) is 66.2 Å². The molecule has 34 heavy (non-hydrogen) atoms. The molecule has 0 aliphatic carbocycles. The van der Waals surface area contributed by atoms with Gasteiger partial charge in [-0.3, -0.25) is 9.59 Å². The number of amides is 2. The fourth-order valence-electron chi connectivity index (χ4n) is 2.90. The molecule has 0 aliphatic heterocycles. The number of hydrogen-bond acceptors (Lipinski definition) is 6. The summed E-state index contributed by atoms with van der Waals surface area (Å²) in [5, 5.41) is 14.7. The predicted octanol–water partition coefficient (Wildman–Crippen LogP) is 5.09. The normalized spacial score (nSPS) is 10.5. The summed E-state index contributed by atoms with van der Waals surface area (Å²) >= 11 is 6.97. The van der Waals surface area contributed by atoms with E-state index in [9.17, 15) is 14.0 Å². The number of benzene rings is 3. The van der Waals surface area contributed by atoms with Gasteiger partial charge in [-0.2, -0.15) is 0 Å². The summed E-state index contributed by atoms with van der Waals surface area (Å²) in [6.45, 7) is 0.377. The van der Waals surface area contributed by atoms with E-state index in [-0.39, 0.29) is 29.9 Å². The van der Waals surface area contributed by atoms with Gasteiger partial charge in [0.1, 0.15) is 18.2 Å². The van der Waals surface area contributed by atoms with Gasteiger partial charge in [0.2, 0.25) is 5.01 Å². The van der Waals surface area contributed by atoms with E-state index in [1.54, 1.807) is 60.7 Å². The van der Waals surface area contributed by atoms with E-state index < -0.39 is 5.91 Å². The smallest absolute Gasteiger partial charge is 0.286 e. The molecule has 2 N–H and O–H groups in total. The molecule has 0 aliphatic rings. The number of anilines is 1. The first kappa shape index (κ1) is 23.3. The number of carbonyl (C=O) groups excluding carboxylic acids is 2. The van der Waals surface area contributed by atoms with Crippen molar-refractivity contribution in [1.29, 1.82) is 0 Å². The SMILES string of the molecule is O=C(NCc1cccc(F)c1)c1ccc(NC(=O)c2nnc(COc3ccc(Cl)cc3)s2)cc1. The molecule has 0 unspecified atom stereocenters. The van der Waals surface area contributed by atoms with E-state index in [1.807, 2.05) is 0 Å². The van der Waals surface area contributed by atoms with E-state index in [0.717, 1.165) is 11.3 Å². The lowest BCUT2D eigenvalue weighted by Crippen LogP contribution is -2.22. The summed E-state index contributed by atoms with van der Waals surface area (Å²) in [5.74, 6) is -0.454. The van der Waals surface area contributed by atoms with Crippen LogP contribution in [0.15, 0.2) is 72.8 Å². The van der Waals surface area contributed by atoms with E-state index in [2.05, 4.69) is 20.8 Å². The second-order valence-corrected chi connectivity index (χ2v) is 8.59. The molecule has 0 saturated carbocycles. The topological polar surface area (TPSA) is 93.2 Å². The number of nitrogens with zero attached hydrogens (tertiary/aromatic N) is 2. The third-order valence-electron chi connectivity index (χ3n) is 4.58. The molecular weight excluding hydrogens is 479 g/mol. The highest BCUT2D eigenvalue weighted by Crippen LogP contribution is 2.19. The van der Waals surface area contributed by atoms with Crippen LogP contribution in [-0.4, -0.2) is 22.0 Å². The number of nitrogens with one attached hydrogen (secondary N) is 2. The zero-order chi connectivity index (χ0) is 23.9. The van der Waals surface area contributed by atoms with Crippen molar-refractivity contribution in [2.45, 2.75) is 13.2 Å². The number of carbonyl (C=O) groups is 2. The number of hydrogen-bond donors (Lipinski definition) is 2. The molecule has 0 bridgehead atoms. The Morgan fingerprint density at radius 3 is 2.47 bits per heavy atom. The number of ether oxygens (including phenoxy) is 1. The van der Waals surface area contributed by atoms with Crippen LogP contribution in [0.1, 0.15) is 30.7 Å². The van der Waals surface area contributed by atoms with Gasteiger partial charge in [0.15, 0.2) is 5.01 Å². The van der Waals surface area contributed by atoms with Crippen LogP contribution < -0.4 is 15.4 Å². The zero-order valence-corrected chi connectivity index (χ0v) is 19.2. The van der Waals surface area contributed by atoms with Crippen LogP contribution in [0.4, 0.5) is 10.1 Å². The molecule has 10 heteroatoms. The summed E-state index contributed by atoms with van der Waals surface area (Å²) in [4.78, 5) is 24.8. The second-order valence-electron chi connectivity index (χ2n) is 7.09. The summed E-state index contributed by atoms with van der Waals surface area (Å²) in [5.41, 5.74) is 1.57. The van der Waals surface area contributed by atoms with Crippen LogP contribution in [0.5, 0.6) is 5.75 Å². The average Bonchev–Trinajstić information content (AvgIpc) is 3.32. The molecule has 4 rings (SSSR count). The molecule has 0 atom stereocenters. The molecule has 2 amide bonds. The van der Waals surface area contributed by atoms with Crippen molar-refractivity contribution >= 4 is 40.4 Å². The van der Waals surface area contributed by atoms with Gasteiger partial charge in [-0.25, -0.2) is 4.39 Å². The number of halogens is 2. The second kappa shape index (κ2) is 10.9. The van der Waals surface area contributed by atoms with Crippen molar-refractivity contribution in [2.75, 3.05) is 5.32 Å². The first-order valence-electron chi connectivity index (χ1n) is 10.1. The van der Waals surface area contributed by atoms with Gasteiger partial charge in [-0.1, -0.05) is 35.1 Å². The maximum Gasteiger partial charge on any atom is 0.286 e. The minimum atomic E-state index is -0.418. The van der Waals surface area contributed by atoms with Gasteiger partial charge < -0.3 is 15.4 Å². The Morgan fingerprint density at radius 2 is 1.74 bits per heavy atom. The molecule has 1 aromatic heterocycles. The maximum absolute atomic E-state index is 13.2. The Balaban J connectivity index is 1.28. The summed E-state index contributed by atoms with van der Waals surface area (Å²) in [6.07, 6.45) is 0. The van der Waals surface area contributed by atoms with Gasteiger partial charge in [-0.15, -0.1) is 10.2 Å². The molecule has 0 radical (unpaired) electrons. The minimum absolute atomic E-state index is 0.173. The van der Waals surface area contributed by atoms with Gasteiger partial charge >= 0.3 is 0 Å². The molecule has 0 spiro atoms. The summed E-state index contributed by atoms with van der Waals surface area (Å²) in [6, 6.07) is 19.3. The van der Waals surface area contributed by atoms with Crippen LogP contribution in [0, 0.1) is 5.82 Å². The maximum atomic E-state index is 13.2. The minimum Gasteiger partial charge on any atom is -0.486 e. The Kier molecular flexibility index (Phi) is 7.46. The van der Waals surface area contributed by atoms with Crippen molar-refractivity contribution in [3.05, 3.63) is 105 Å². The fraction of sp³-hybridized carbons (Fsp3) is 0.0833. The Bertz CT molecular complexity index is 1300. The van der Waals surface area contributed by atoms with Crippen molar-refractivity contribution in [1.82, 2.24) is 15.5 Å². The average molecular weight is 497 g/mol. The van der Waals surface area contributed by atoms with E-state index in [0.29, 0.717) is 32.6 Å². The molecule has 4 aromatic rings. The predicted molar refractivity (Wildman–Crippen MR) is 128 cm³/mol. The van der Waals surface area contributed by atoms with Crippen LogP contribution in [0.25, 0.3) is 0 Å². The van der Waals surface area contributed by atoms with Crippen molar-refractivity contribution in [3.8, 4) is 5.75 Å². The van der Waals surface area contributed by atoms with Gasteiger partial charge in [0, 0.05) is 22.8 Å². The first-order valence-corrected chi connectivity index (χ1v) is 11.3. The van der Waals surface area contributed by atoms with Crippen molar-refractivity contribution < 1.29 is 18.7 Å². The largest absolute Gasteiger partial charge is 0.486 e. The van der Waals surface area contributed by atoms with Crippen molar-refractivity contribution in [2.24, 2.45) is 0 Å². The zero-order valence-electron chi connectivity index (χ0n) is 17.6. The Hall–Kier alpha value is -3.82. The molecule has 172 valence electrons.